The highest BCUT2D eigenvalue weighted by molar-refractivity contribution is 9.10. The minimum atomic E-state index is -0.0972. The van der Waals surface area contributed by atoms with E-state index in [2.05, 4.69) is 25.8 Å². The molecule has 28 heavy (non-hydrogen) atoms. The lowest BCUT2D eigenvalue weighted by Crippen LogP contribution is -2.49. The Hall–Kier alpha value is -2.80. The lowest BCUT2D eigenvalue weighted by Gasteiger charge is -2.35. The zero-order valence-electron chi connectivity index (χ0n) is 15.3. The molecule has 0 radical (unpaired) electrons. The molecule has 1 aromatic carbocycles. The van der Waals surface area contributed by atoms with Crippen molar-refractivity contribution in [1.29, 1.82) is 0 Å². The molecule has 144 valence electrons. The van der Waals surface area contributed by atoms with Gasteiger partial charge in [0.25, 0.3) is 5.91 Å². The van der Waals surface area contributed by atoms with Crippen LogP contribution in [0.5, 0.6) is 5.75 Å². The highest BCUT2D eigenvalue weighted by atomic mass is 79.9. The summed E-state index contributed by atoms with van der Waals surface area (Å²) in [5.41, 5.74) is 0.755. The average Bonchev–Trinajstić information content (AvgIpc) is 3.22. The summed E-state index contributed by atoms with van der Waals surface area (Å²) in [6.45, 7) is 3.00. The minimum absolute atomic E-state index is 0.0972. The highest BCUT2D eigenvalue weighted by Crippen LogP contribution is 2.20. The van der Waals surface area contributed by atoms with Crippen molar-refractivity contribution in [2.75, 3.05) is 31.1 Å². The summed E-state index contributed by atoms with van der Waals surface area (Å²) in [4.78, 5) is 21.3. The molecule has 1 amide bonds. The molecule has 1 saturated heterocycles. The second-order valence-corrected chi connectivity index (χ2v) is 7.41. The van der Waals surface area contributed by atoms with Crippen LogP contribution < -0.4 is 9.64 Å². The summed E-state index contributed by atoms with van der Waals surface area (Å²) in [5, 5.41) is 0. The van der Waals surface area contributed by atoms with E-state index in [4.69, 9.17) is 9.15 Å². The first-order chi connectivity index (χ1) is 13.7. The number of para-hydroxylation sites is 1. The standard InChI is InChI=1S/C21H20BrN3O3/c22-17-6-7-19(23-14-17)24-9-11-25(12-10-24)21(26)20-16(8-13-27-20)15-28-18-4-2-1-3-5-18/h1-8,13-14H,9-12,15H2. The van der Waals surface area contributed by atoms with Crippen LogP contribution in [0.4, 0.5) is 5.82 Å². The number of halogens is 1. The van der Waals surface area contributed by atoms with E-state index in [1.54, 1.807) is 18.5 Å². The van der Waals surface area contributed by atoms with E-state index in [0.717, 1.165) is 34.7 Å². The Bertz CT molecular complexity index is 920. The Labute approximate surface area is 171 Å². The molecular formula is C21H20BrN3O3. The van der Waals surface area contributed by atoms with Crippen LogP contribution >= 0.6 is 15.9 Å². The van der Waals surface area contributed by atoms with Crippen molar-refractivity contribution in [3.05, 3.63) is 76.8 Å². The van der Waals surface area contributed by atoms with E-state index in [0.29, 0.717) is 25.5 Å². The lowest BCUT2D eigenvalue weighted by atomic mass is 10.2. The van der Waals surface area contributed by atoms with Gasteiger partial charge in [0.05, 0.1) is 6.26 Å². The summed E-state index contributed by atoms with van der Waals surface area (Å²) in [6, 6.07) is 15.3. The minimum Gasteiger partial charge on any atom is -0.489 e. The molecule has 6 nitrogen and oxygen atoms in total. The predicted molar refractivity (Wildman–Crippen MR) is 110 cm³/mol. The van der Waals surface area contributed by atoms with E-state index in [1.807, 2.05) is 47.4 Å². The number of benzene rings is 1. The number of aromatic nitrogens is 1. The highest BCUT2D eigenvalue weighted by Gasteiger charge is 2.26. The Morgan fingerprint density at radius 1 is 1.07 bits per heavy atom. The second kappa shape index (κ2) is 8.48. The number of carbonyl (C=O) groups excluding carboxylic acids is 1. The second-order valence-electron chi connectivity index (χ2n) is 6.49. The van der Waals surface area contributed by atoms with Gasteiger partial charge in [-0.3, -0.25) is 4.79 Å². The summed E-state index contributed by atoms with van der Waals surface area (Å²) < 4.78 is 12.2. The molecule has 3 heterocycles. The smallest absolute Gasteiger partial charge is 0.290 e. The fourth-order valence-electron chi connectivity index (χ4n) is 3.15. The number of furan rings is 1. The van der Waals surface area contributed by atoms with Gasteiger partial charge in [-0.25, -0.2) is 4.98 Å². The van der Waals surface area contributed by atoms with Crippen molar-refractivity contribution >= 4 is 27.7 Å². The maximum absolute atomic E-state index is 12.9. The molecule has 0 N–H and O–H groups in total. The molecule has 0 aliphatic carbocycles. The number of piperazine rings is 1. The summed E-state index contributed by atoms with van der Waals surface area (Å²) in [7, 11) is 0. The van der Waals surface area contributed by atoms with Crippen LogP contribution in [-0.4, -0.2) is 42.0 Å². The van der Waals surface area contributed by atoms with Crippen molar-refractivity contribution < 1.29 is 13.9 Å². The van der Waals surface area contributed by atoms with Gasteiger partial charge in [0, 0.05) is 42.4 Å². The molecule has 2 aromatic heterocycles. The fraction of sp³-hybridized carbons (Fsp3) is 0.238. The van der Waals surface area contributed by atoms with Gasteiger partial charge in [0.2, 0.25) is 0 Å². The number of hydrogen-bond donors (Lipinski definition) is 0. The number of rotatable bonds is 5. The maximum atomic E-state index is 12.9. The Morgan fingerprint density at radius 2 is 1.86 bits per heavy atom. The molecule has 1 aliphatic rings. The SMILES string of the molecule is O=C(c1occc1COc1ccccc1)N1CCN(c2ccc(Br)cn2)CC1. The van der Waals surface area contributed by atoms with Gasteiger partial charge in [-0.15, -0.1) is 0 Å². The largest absolute Gasteiger partial charge is 0.489 e. The van der Waals surface area contributed by atoms with Gasteiger partial charge in [-0.05, 0) is 46.3 Å². The molecule has 4 rings (SSSR count). The number of hydrogen-bond acceptors (Lipinski definition) is 5. The maximum Gasteiger partial charge on any atom is 0.290 e. The zero-order chi connectivity index (χ0) is 19.3. The third kappa shape index (κ3) is 4.20. The first kappa shape index (κ1) is 18.6. The van der Waals surface area contributed by atoms with Gasteiger partial charge >= 0.3 is 0 Å². The number of amides is 1. The van der Waals surface area contributed by atoms with Crippen molar-refractivity contribution in [2.24, 2.45) is 0 Å². The van der Waals surface area contributed by atoms with Crippen molar-refractivity contribution in [2.45, 2.75) is 6.61 Å². The third-order valence-corrected chi connectivity index (χ3v) is 5.15. The Balaban J connectivity index is 1.37. The van der Waals surface area contributed by atoms with E-state index in [-0.39, 0.29) is 5.91 Å². The molecule has 0 spiro atoms. The van der Waals surface area contributed by atoms with Crippen LogP contribution in [0.3, 0.4) is 0 Å². The van der Waals surface area contributed by atoms with Gasteiger partial charge in [-0.2, -0.15) is 0 Å². The van der Waals surface area contributed by atoms with Crippen LogP contribution in [0.1, 0.15) is 16.1 Å². The average molecular weight is 442 g/mol. The first-order valence-electron chi connectivity index (χ1n) is 9.11. The van der Waals surface area contributed by atoms with Crippen LogP contribution in [0.2, 0.25) is 0 Å². The molecule has 0 bridgehead atoms. The topological polar surface area (TPSA) is 58.8 Å². The Kier molecular flexibility index (Phi) is 5.62. The van der Waals surface area contributed by atoms with Gasteiger partial charge in [0.15, 0.2) is 5.76 Å². The number of pyridine rings is 1. The first-order valence-corrected chi connectivity index (χ1v) is 9.90. The van der Waals surface area contributed by atoms with E-state index in [1.165, 1.54) is 0 Å². The third-order valence-electron chi connectivity index (χ3n) is 4.68. The van der Waals surface area contributed by atoms with E-state index < -0.39 is 0 Å². The molecule has 0 unspecified atom stereocenters. The van der Waals surface area contributed by atoms with Gasteiger partial charge < -0.3 is 19.0 Å². The van der Waals surface area contributed by atoms with Crippen LogP contribution in [-0.2, 0) is 6.61 Å². The molecule has 1 fully saturated rings. The molecule has 0 saturated carbocycles. The quantitative estimate of drug-likeness (QED) is 0.599. The molecular weight excluding hydrogens is 422 g/mol. The van der Waals surface area contributed by atoms with Crippen LogP contribution in [0, 0.1) is 0 Å². The molecule has 0 atom stereocenters. The fourth-order valence-corrected chi connectivity index (χ4v) is 3.39. The zero-order valence-corrected chi connectivity index (χ0v) is 16.8. The van der Waals surface area contributed by atoms with Crippen molar-refractivity contribution in [3.8, 4) is 5.75 Å². The van der Waals surface area contributed by atoms with Crippen LogP contribution in [0.15, 0.2) is 69.9 Å². The summed E-state index contributed by atoms with van der Waals surface area (Å²) >= 11 is 3.40. The summed E-state index contributed by atoms with van der Waals surface area (Å²) in [6.07, 6.45) is 3.33. The lowest BCUT2D eigenvalue weighted by molar-refractivity contribution is 0.0710. The normalized spacial score (nSPS) is 14.2. The monoisotopic (exact) mass is 441 g/mol. The molecule has 7 heteroatoms. The summed E-state index contributed by atoms with van der Waals surface area (Å²) in [5.74, 6) is 1.94. The number of carbonyl (C=O) groups is 1. The number of anilines is 1. The van der Waals surface area contributed by atoms with E-state index in [9.17, 15) is 4.79 Å². The van der Waals surface area contributed by atoms with Crippen molar-refractivity contribution in [1.82, 2.24) is 9.88 Å². The van der Waals surface area contributed by atoms with Crippen LogP contribution in [0.25, 0.3) is 0 Å². The van der Waals surface area contributed by atoms with Crippen molar-refractivity contribution in [3.63, 3.8) is 0 Å². The van der Waals surface area contributed by atoms with Gasteiger partial charge in [-0.1, -0.05) is 18.2 Å². The molecule has 3 aromatic rings. The number of ether oxygens (including phenoxy) is 1. The Morgan fingerprint density at radius 3 is 2.57 bits per heavy atom. The van der Waals surface area contributed by atoms with E-state index >= 15 is 0 Å². The van der Waals surface area contributed by atoms with Gasteiger partial charge in [0.1, 0.15) is 18.2 Å². The predicted octanol–water partition coefficient (Wildman–Crippen LogP) is 3.98. The number of nitrogens with zero attached hydrogens (tertiary/aromatic N) is 3. The molecule has 1 aliphatic heterocycles.